The van der Waals surface area contributed by atoms with E-state index in [4.69, 9.17) is 13.9 Å². The molecule has 2 amide bonds. The third-order valence-electron chi connectivity index (χ3n) is 4.31. The fourth-order valence-electron chi connectivity index (χ4n) is 2.98. The minimum absolute atomic E-state index is 0.0459. The van der Waals surface area contributed by atoms with Gasteiger partial charge in [0.1, 0.15) is 17.4 Å². The van der Waals surface area contributed by atoms with Gasteiger partial charge in [0.15, 0.2) is 0 Å². The summed E-state index contributed by atoms with van der Waals surface area (Å²) < 4.78 is 15.6. The molecule has 0 saturated carbocycles. The maximum Gasteiger partial charge on any atom is 0.411 e. The first-order valence-corrected chi connectivity index (χ1v) is 9.09. The molecule has 0 radical (unpaired) electrons. The minimum Gasteiger partial charge on any atom is -0.450 e. The number of hydrogen-bond donors (Lipinski definition) is 2. The molecule has 1 atom stereocenters. The van der Waals surface area contributed by atoms with Gasteiger partial charge in [-0.05, 0) is 62.6 Å². The van der Waals surface area contributed by atoms with Crippen LogP contribution in [0.4, 0.5) is 16.2 Å². The lowest BCUT2D eigenvalue weighted by molar-refractivity contribution is 0.0895. The van der Waals surface area contributed by atoms with Crippen LogP contribution in [0, 0.1) is 6.92 Å². The number of anilines is 2. The fraction of sp³-hybridized carbons (Fsp3) is 0.350. The normalized spacial score (nSPS) is 15.9. The minimum atomic E-state index is -0.691. The van der Waals surface area contributed by atoms with E-state index in [-0.39, 0.29) is 18.3 Å². The lowest BCUT2D eigenvalue weighted by Gasteiger charge is -2.11. The summed E-state index contributed by atoms with van der Waals surface area (Å²) in [6, 6.07) is 8.12. The summed E-state index contributed by atoms with van der Waals surface area (Å²) in [6.07, 6.45) is 0.915. The molecule has 8 nitrogen and oxygen atoms in total. The average Bonchev–Trinajstić information content (AvgIpc) is 3.17. The van der Waals surface area contributed by atoms with Gasteiger partial charge in [-0.3, -0.25) is 10.1 Å². The Morgan fingerprint density at radius 1 is 1.18 bits per heavy atom. The number of ether oxygens (including phenoxy) is 2. The number of nitrogens with one attached hydrogen (secondary N) is 2. The van der Waals surface area contributed by atoms with Crippen molar-refractivity contribution in [1.29, 1.82) is 0 Å². The highest BCUT2D eigenvalue weighted by Crippen LogP contribution is 2.28. The molecule has 1 aromatic carbocycles. The average molecular weight is 386 g/mol. The highest BCUT2D eigenvalue weighted by atomic mass is 16.5. The Hall–Kier alpha value is -3.13. The van der Waals surface area contributed by atoms with Crippen molar-refractivity contribution in [2.45, 2.75) is 32.8 Å². The molecule has 0 aliphatic carbocycles. The van der Waals surface area contributed by atoms with Gasteiger partial charge >= 0.3 is 11.7 Å². The Morgan fingerprint density at radius 2 is 1.86 bits per heavy atom. The number of benzene rings is 1. The maximum atomic E-state index is 12.5. The summed E-state index contributed by atoms with van der Waals surface area (Å²) in [5.74, 6) is -0.109. The molecule has 8 heteroatoms. The molecule has 1 aliphatic rings. The molecule has 2 N–H and O–H groups in total. The van der Waals surface area contributed by atoms with E-state index in [2.05, 4.69) is 10.6 Å². The summed E-state index contributed by atoms with van der Waals surface area (Å²) in [6.45, 7) is 4.31. The molecule has 1 saturated heterocycles. The van der Waals surface area contributed by atoms with E-state index in [0.29, 0.717) is 29.3 Å². The van der Waals surface area contributed by atoms with Crippen LogP contribution in [-0.2, 0) is 9.47 Å². The van der Waals surface area contributed by atoms with Crippen LogP contribution in [0.1, 0.15) is 47.6 Å². The lowest BCUT2D eigenvalue weighted by atomic mass is 10.1. The van der Waals surface area contributed by atoms with Crippen molar-refractivity contribution in [2.24, 2.45) is 0 Å². The first kappa shape index (κ1) is 19.6. The highest BCUT2D eigenvalue weighted by Gasteiger charge is 2.24. The number of amides is 2. The predicted octanol–water partition coefficient (Wildman–Crippen LogP) is 3.62. The Morgan fingerprint density at radius 3 is 2.43 bits per heavy atom. The number of rotatable bonds is 5. The van der Waals surface area contributed by atoms with E-state index in [9.17, 15) is 14.4 Å². The molecule has 2 heterocycles. The van der Waals surface area contributed by atoms with Crippen molar-refractivity contribution >= 4 is 23.4 Å². The zero-order chi connectivity index (χ0) is 20.1. The van der Waals surface area contributed by atoms with E-state index in [0.717, 1.165) is 12.8 Å². The second-order valence-corrected chi connectivity index (χ2v) is 6.37. The molecule has 1 aliphatic heterocycles. The molecule has 28 heavy (non-hydrogen) atoms. The van der Waals surface area contributed by atoms with Crippen LogP contribution in [0.15, 0.2) is 39.5 Å². The van der Waals surface area contributed by atoms with E-state index in [1.807, 2.05) is 0 Å². The van der Waals surface area contributed by atoms with Gasteiger partial charge in [-0.25, -0.2) is 9.59 Å². The fourth-order valence-corrected chi connectivity index (χ4v) is 2.98. The molecule has 1 aromatic heterocycles. The van der Waals surface area contributed by atoms with Crippen LogP contribution in [0.2, 0.25) is 0 Å². The van der Waals surface area contributed by atoms with Crippen molar-refractivity contribution in [3.8, 4) is 0 Å². The zero-order valence-corrected chi connectivity index (χ0v) is 15.7. The molecule has 148 valence electrons. The number of carbonyl (C=O) groups is 2. The van der Waals surface area contributed by atoms with Gasteiger partial charge in [-0.15, -0.1) is 0 Å². The largest absolute Gasteiger partial charge is 0.450 e. The van der Waals surface area contributed by atoms with Crippen molar-refractivity contribution in [3.63, 3.8) is 0 Å². The summed E-state index contributed by atoms with van der Waals surface area (Å²) in [7, 11) is 0. The Bertz CT molecular complexity index is 913. The van der Waals surface area contributed by atoms with E-state index in [1.165, 1.54) is 0 Å². The SMILES string of the molecule is CCOC(=O)Nc1ccc(NC(=O)c2c(C)cc(C3CCCO3)oc2=O)cc1. The monoisotopic (exact) mass is 386 g/mol. The van der Waals surface area contributed by atoms with Crippen LogP contribution in [0.25, 0.3) is 0 Å². The molecule has 2 aromatic rings. The van der Waals surface area contributed by atoms with Gasteiger partial charge in [0, 0.05) is 18.0 Å². The first-order valence-electron chi connectivity index (χ1n) is 9.09. The van der Waals surface area contributed by atoms with Gasteiger partial charge < -0.3 is 19.2 Å². The number of carbonyl (C=O) groups excluding carboxylic acids is 2. The van der Waals surface area contributed by atoms with Gasteiger partial charge in [0.2, 0.25) is 0 Å². The highest BCUT2D eigenvalue weighted by molar-refractivity contribution is 6.05. The van der Waals surface area contributed by atoms with Gasteiger partial charge in [-0.1, -0.05) is 0 Å². The lowest BCUT2D eigenvalue weighted by Crippen LogP contribution is -2.23. The Kier molecular flexibility index (Phi) is 6.10. The van der Waals surface area contributed by atoms with Crippen molar-refractivity contribution < 1.29 is 23.5 Å². The third-order valence-corrected chi connectivity index (χ3v) is 4.31. The van der Waals surface area contributed by atoms with Crippen molar-refractivity contribution in [2.75, 3.05) is 23.8 Å². The molecule has 3 rings (SSSR count). The van der Waals surface area contributed by atoms with Crippen LogP contribution >= 0.6 is 0 Å². The quantitative estimate of drug-likeness (QED) is 0.813. The third kappa shape index (κ3) is 4.58. The summed E-state index contributed by atoms with van der Waals surface area (Å²) >= 11 is 0. The van der Waals surface area contributed by atoms with Crippen molar-refractivity contribution in [1.82, 2.24) is 0 Å². The van der Waals surface area contributed by atoms with Gasteiger partial charge in [0.25, 0.3) is 5.91 Å². The van der Waals surface area contributed by atoms with Crippen LogP contribution in [-0.4, -0.2) is 25.2 Å². The van der Waals surface area contributed by atoms with Crippen LogP contribution < -0.4 is 16.3 Å². The van der Waals surface area contributed by atoms with Crippen LogP contribution in [0.5, 0.6) is 0 Å². The second-order valence-electron chi connectivity index (χ2n) is 6.37. The van der Waals surface area contributed by atoms with E-state index in [1.54, 1.807) is 44.2 Å². The Labute approximate surface area is 161 Å². The summed E-state index contributed by atoms with van der Waals surface area (Å²) in [5.41, 5.74) is 0.786. The Balaban J connectivity index is 1.70. The van der Waals surface area contributed by atoms with Gasteiger partial charge in [-0.2, -0.15) is 0 Å². The van der Waals surface area contributed by atoms with Crippen molar-refractivity contribution in [3.05, 3.63) is 57.6 Å². The molecular weight excluding hydrogens is 364 g/mol. The summed E-state index contributed by atoms with van der Waals surface area (Å²) in [4.78, 5) is 36.3. The molecular formula is C20H22N2O6. The molecule has 0 spiro atoms. The predicted molar refractivity (Wildman–Crippen MR) is 103 cm³/mol. The maximum absolute atomic E-state index is 12.5. The summed E-state index contributed by atoms with van der Waals surface area (Å²) in [5, 5.41) is 5.22. The molecule has 0 bridgehead atoms. The standard InChI is InChI=1S/C20H22N2O6/c1-3-26-20(25)22-14-8-6-13(7-9-14)21-18(23)17-12(2)11-16(28-19(17)24)15-5-4-10-27-15/h6-9,11,15H,3-5,10H2,1-2H3,(H,21,23)(H,22,25). The topological polar surface area (TPSA) is 107 Å². The van der Waals surface area contributed by atoms with E-state index < -0.39 is 17.6 Å². The van der Waals surface area contributed by atoms with Crippen LogP contribution in [0.3, 0.4) is 0 Å². The smallest absolute Gasteiger partial charge is 0.411 e. The number of aryl methyl sites for hydroxylation is 1. The zero-order valence-electron chi connectivity index (χ0n) is 15.7. The molecule has 1 fully saturated rings. The number of hydrogen-bond acceptors (Lipinski definition) is 6. The van der Waals surface area contributed by atoms with Gasteiger partial charge in [0.05, 0.1) is 6.61 Å². The first-order chi connectivity index (χ1) is 13.5. The van der Waals surface area contributed by atoms with E-state index >= 15 is 0 Å². The second kappa shape index (κ2) is 8.71. The molecule has 1 unspecified atom stereocenters.